The van der Waals surface area contributed by atoms with Gasteiger partial charge in [-0.2, -0.15) is 0 Å². The molecule has 5 rings (SSSR count). The number of carbonyl (C=O) groups is 1. The Morgan fingerprint density at radius 2 is 1.17 bits per heavy atom. The third kappa shape index (κ3) is 3.25. The second-order valence-corrected chi connectivity index (χ2v) is 7.31. The largest absolute Gasteiger partial charge is 0.459 e. The molecule has 0 amide bonds. The number of benzene rings is 4. The molecule has 1 unspecified atom stereocenters. The van der Waals surface area contributed by atoms with Gasteiger partial charge >= 0.3 is 5.97 Å². The van der Waals surface area contributed by atoms with E-state index in [9.17, 15) is 4.79 Å². The molecule has 0 fully saturated rings. The number of carbonyl (C=O) groups excluding carboxylic acids is 1. The summed E-state index contributed by atoms with van der Waals surface area (Å²) >= 11 is 0. The van der Waals surface area contributed by atoms with Crippen molar-refractivity contribution in [2.45, 2.75) is 12.6 Å². The van der Waals surface area contributed by atoms with E-state index in [1.165, 1.54) is 0 Å². The number of fused-ring (bicyclic) bond motifs is 3. The van der Waals surface area contributed by atoms with Gasteiger partial charge < -0.3 is 9.30 Å². The molecule has 0 saturated heterocycles. The number of aromatic nitrogens is 1. The van der Waals surface area contributed by atoms with Crippen LogP contribution in [0.15, 0.2) is 109 Å². The van der Waals surface area contributed by atoms with Gasteiger partial charge in [-0.05, 0) is 23.3 Å². The van der Waals surface area contributed by atoms with E-state index >= 15 is 0 Å². The molecule has 0 spiro atoms. The molecule has 146 valence electrons. The molecule has 0 saturated carbocycles. The second kappa shape index (κ2) is 7.88. The molecule has 3 nitrogen and oxygen atoms in total. The molecule has 3 heteroatoms. The van der Waals surface area contributed by atoms with Crippen molar-refractivity contribution in [3.8, 4) is 0 Å². The second-order valence-electron chi connectivity index (χ2n) is 7.31. The highest BCUT2D eigenvalue weighted by molar-refractivity contribution is 6.09. The average Bonchev–Trinajstić information content (AvgIpc) is 3.14. The number of hydrogen-bond acceptors (Lipinski definition) is 2. The lowest BCUT2D eigenvalue weighted by atomic mass is 10.1. The lowest BCUT2D eigenvalue weighted by molar-refractivity contribution is -0.147. The Kier molecular flexibility index (Phi) is 4.78. The van der Waals surface area contributed by atoms with E-state index in [1.54, 1.807) is 0 Å². The number of rotatable bonds is 5. The number of nitrogens with zero attached hydrogens (tertiary/aromatic N) is 1. The number of para-hydroxylation sites is 2. The maximum Gasteiger partial charge on any atom is 0.334 e. The van der Waals surface area contributed by atoms with Crippen molar-refractivity contribution in [2.75, 3.05) is 0 Å². The van der Waals surface area contributed by atoms with Crippen LogP contribution in [0.4, 0.5) is 0 Å². The molecule has 1 atom stereocenters. The lowest BCUT2D eigenvalue weighted by Crippen LogP contribution is -2.23. The number of esters is 1. The first kappa shape index (κ1) is 18.2. The maximum atomic E-state index is 13.5. The van der Waals surface area contributed by atoms with Gasteiger partial charge in [0.05, 0.1) is 11.0 Å². The van der Waals surface area contributed by atoms with Gasteiger partial charge in [0.25, 0.3) is 0 Å². The summed E-state index contributed by atoms with van der Waals surface area (Å²) in [5.74, 6) is -0.267. The van der Waals surface area contributed by atoms with Gasteiger partial charge in [0.2, 0.25) is 0 Å². The predicted octanol–water partition coefficient (Wildman–Crippen LogP) is 6.13. The lowest BCUT2D eigenvalue weighted by Gasteiger charge is -2.21. The Morgan fingerprint density at radius 1 is 0.667 bits per heavy atom. The van der Waals surface area contributed by atoms with Crippen LogP contribution in [0.1, 0.15) is 17.2 Å². The maximum absolute atomic E-state index is 13.5. The van der Waals surface area contributed by atoms with E-state index < -0.39 is 6.04 Å². The van der Waals surface area contributed by atoms with Gasteiger partial charge in [-0.3, -0.25) is 0 Å². The zero-order valence-corrected chi connectivity index (χ0v) is 16.4. The van der Waals surface area contributed by atoms with Gasteiger partial charge in [0, 0.05) is 10.8 Å². The van der Waals surface area contributed by atoms with Crippen molar-refractivity contribution in [1.29, 1.82) is 0 Å². The SMILES string of the molecule is O=C(OCc1ccccc1)C(c1ccccc1)n1c2ccccc2c2ccccc21. The summed E-state index contributed by atoms with van der Waals surface area (Å²) in [4.78, 5) is 13.5. The van der Waals surface area contributed by atoms with Crippen LogP contribution >= 0.6 is 0 Å². The fourth-order valence-corrected chi connectivity index (χ4v) is 4.06. The first-order valence-corrected chi connectivity index (χ1v) is 10.1. The summed E-state index contributed by atoms with van der Waals surface area (Å²) in [6, 6.07) is 35.5. The standard InChI is InChI=1S/C27H21NO2/c29-27(30-19-20-11-3-1-4-12-20)26(21-13-5-2-6-14-21)28-24-17-9-7-15-22(24)23-16-8-10-18-25(23)28/h1-18,26H,19H2. The molecule has 30 heavy (non-hydrogen) atoms. The van der Waals surface area contributed by atoms with Crippen LogP contribution in [0.3, 0.4) is 0 Å². The molecule has 0 N–H and O–H groups in total. The molecular weight excluding hydrogens is 370 g/mol. The van der Waals surface area contributed by atoms with E-state index in [0.717, 1.165) is 32.9 Å². The molecule has 1 aromatic heterocycles. The molecule has 0 aliphatic carbocycles. The van der Waals surface area contributed by atoms with Crippen molar-refractivity contribution in [3.05, 3.63) is 120 Å². The number of ether oxygens (including phenoxy) is 1. The fraction of sp³-hybridized carbons (Fsp3) is 0.0741. The van der Waals surface area contributed by atoms with Crippen molar-refractivity contribution in [3.63, 3.8) is 0 Å². The van der Waals surface area contributed by atoms with E-state index in [0.29, 0.717) is 0 Å². The van der Waals surface area contributed by atoms with Crippen LogP contribution in [0.5, 0.6) is 0 Å². The van der Waals surface area contributed by atoms with Crippen molar-refractivity contribution < 1.29 is 9.53 Å². The molecular formula is C27H21NO2. The van der Waals surface area contributed by atoms with Crippen molar-refractivity contribution >= 4 is 27.8 Å². The van der Waals surface area contributed by atoms with Crippen LogP contribution in [-0.4, -0.2) is 10.5 Å². The summed E-state index contributed by atoms with van der Waals surface area (Å²) in [6.07, 6.45) is 0. The van der Waals surface area contributed by atoms with Crippen LogP contribution in [-0.2, 0) is 16.1 Å². The quantitative estimate of drug-likeness (QED) is 0.338. The minimum Gasteiger partial charge on any atom is -0.459 e. The van der Waals surface area contributed by atoms with Gasteiger partial charge in [0.1, 0.15) is 6.61 Å². The van der Waals surface area contributed by atoms with Gasteiger partial charge in [-0.25, -0.2) is 4.79 Å². The molecule has 4 aromatic carbocycles. The third-order valence-electron chi connectivity index (χ3n) is 5.44. The first-order valence-electron chi connectivity index (χ1n) is 10.1. The van der Waals surface area contributed by atoms with Crippen LogP contribution in [0, 0.1) is 0 Å². The van der Waals surface area contributed by atoms with E-state index in [1.807, 2.05) is 84.9 Å². The van der Waals surface area contributed by atoms with Crippen LogP contribution in [0.25, 0.3) is 21.8 Å². The predicted molar refractivity (Wildman–Crippen MR) is 120 cm³/mol. The highest BCUT2D eigenvalue weighted by atomic mass is 16.5. The topological polar surface area (TPSA) is 31.2 Å². The Labute approximate surface area is 175 Å². The van der Waals surface area contributed by atoms with Gasteiger partial charge in [-0.15, -0.1) is 0 Å². The summed E-state index contributed by atoms with van der Waals surface area (Å²) in [6.45, 7) is 0.250. The summed E-state index contributed by atoms with van der Waals surface area (Å²) in [5.41, 5.74) is 3.91. The van der Waals surface area contributed by atoms with E-state index in [4.69, 9.17) is 4.74 Å². The molecule has 0 aliphatic heterocycles. The Balaban J connectivity index is 1.65. The highest BCUT2D eigenvalue weighted by Gasteiger charge is 2.27. The minimum atomic E-state index is -0.570. The van der Waals surface area contributed by atoms with E-state index in [2.05, 4.69) is 28.8 Å². The third-order valence-corrected chi connectivity index (χ3v) is 5.44. The smallest absolute Gasteiger partial charge is 0.334 e. The summed E-state index contributed by atoms with van der Waals surface area (Å²) < 4.78 is 7.91. The van der Waals surface area contributed by atoms with Crippen molar-refractivity contribution in [2.24, 2.45) is 0 Å². The normalized spacial score (nSPS) is 12.1. The van der Waals surface area contributed by atoms with Crippen LogP contribution in [0.2, 0.25) is 0 Å². The van der Waals surface area contributed by atoms with Crippen molar-refractivity contribution in [1.82, 2.24) is 4.57 Å². The molecule has 0 radical (unpaired) electrons. The number of hydrogen-bond donors (Lipinski definition) is 0. The van der Waals surface area contributed by atoms with E-state index in [-0.39, 0.29) is 12.6 Å². The van der Waals surface area contributed by atoms with Crippen LogP contribution < -0.4 is 0 Å². The Morgan fingerprint density at radius 3 is 1.77 bits per heavy atom. The fourth-order valence-electron chi connectivity index (χ4n) is 4.06. The molecule has 5 aromatic rings. The molecule has 0 bridgehead atoms. The summed E-state index contributed by atoms with van der Waals surface area (Å²) in [5, 5.41) is 2.26. The Bertz CT molecular complexity index is 1250. The monoisotopic (exact) mass is 391 g/mol. The zero-order chi connectivity index (χ0) is 20.3. The summed E-state index contributed by atoms with van der Waals surface area (Å²) in [7, 11) is 0. The molecule has 0 aliphatic rings. The van der Waals surface area contributed by atoms with Gasteiger partial charge in [-0.1, -0.05) is 97.1 Å². The average molecular weight is 391 g/mol. The highest BCUT2D eigenvalue weighted by Crippen LogP contribution is 2.34. The van der Waals surface area contributed by atoms with Gasteiger partial charge in [0.15, 0.2) is 6.04 Å². The minimum absolute atomic E-state index is 0.250. The zero-order valence-electron chi connectivity index (χ0n) is 16.4. The Hall–Kier alpha value is -3.85. The molecule has 1 heterocycles. The first-order chi connectivity index (χ1) is 14.8.